The molecule has 1 aromatic carbocycles. The van der Waals surface area contributed by atoms with E-state index in [1.165, 1.54) is 38.8 Å². The van der Waals surface area contributed by atoms with E-state index in [9.17, 15) is 0 Å². The van der Waals surface area contributed by atoms with Crippen molar-refractivity contribution in [1.29, 1.82) is 0 Å². The minimum absolute atomic E-state index is 0.712. The molecule has 0 radical (unpaired) electrons. The van der Waals surface area contributed by atoms with Crippen LogP contribution in [0.2, 0.25) is 0 Å². The summed E-state index contributed by atoms with van der Waals surface area (Å²) < 4.78 is 16.4. The Morgan fingerprint density at radius 1 is 0.885 bits per heavy atom. The molecule has 2 unspecified atom stereocenters. The molecule has 1 saturated carbocycles. The maximum absolute atomic E-state index is 5.58. The number of hydrogen-bond acceptors (Lipinski definition) is 5. The van der Waals surface area contributed by atoms with Gasteiger partial charge in [-0.3, -0.25) is 9.80 Å². The molecular weight excluding hydrogens is 328 g/mol. The second-order valence-electron chi connectivity index (χ2n) is 7.76. The lowest BCUT2D eigenvalue weighted by atomic mass is 9.86. The fourth-order valence-electron chi connectivity index (χ4n) is 4.48. The van der Waals surface area contributed by atoms with Crippen LogP contribution in [0.3, 0.4) is 0 Å². The smallest absolute Gasteiger partial charge is 0.164 e. The fourth-order valence-corrected chi connectivity index (χ4v) is 4.48. The summed E-state index contributed by atoms with van der Waals surface area (Å²) in [6.07, 6.45) is 5.57. The van der Waals surface area contributed by atoms with Crippen LogP contribution >= 0.6 is 0 Å². The summed E-state index contributed by atoms with van der Waals surface area (Å²) >= 11 is 0. The van der Waals surface area contributed by atoms with Gasteiger partial charge in [-0.1, -0.05) is 19.8 Å². The van der Waals surface area contributed by atoms with Crippen molar-refractivity contribution in [2.75, 3.05) is 47.5 Å². The third-order valence-corrected chi connectivity index (χ3v) is 6.01. The van der Waals surface area contributed by atoms with Gasteiger partial charge in [0.25, 0.3) is 0 Å². The standard InChI is InChI=1S/C21H34N2O3/c1-16-6-5-7-18(12-16)23-10-8-22(9-11-23)15-17-13-20(25-3)21(26-4)14-19(17)24-2/h13-14,16,18H,5-12,15H2,1-4H3. The molecule has 5 nitrogen and oxygen atoms in total. The lowest BCUT2D eigenvalue weighted by Gasteiger charge is -2.42. The van der Waals surface area contributed by atoms with Gasteiger partial charge < -0.3 is 14.2 Å². The van der Waals surface area contributed by atoms with Crippen molar-refractivity contribution in [2.24, 2.45) is 5.92 Å². The maximum atomic E-state index is 5.58. The highest BCUT2D eigenvalue weighted by atomic mass is 16.5. The molecule has 3 rings (SSSR count). The zero-order chi connectivity index (χ0) is 18.5. The molecule has 2 fully saturated rings. The van der Waals surface area contributed by atoms with Crippen LogP contribution in [0.25, 0.3) is 0 Å². The molecule has 0 amide bonds. The normalized spacial score (nSPS) is 25.1. The van der Waals surface area contributed by atoms with Crippen molar-refractivity contribution in [3.63, 3.8) is 0 Å². The number of piperazine rings is 1. The van der Waals surface area contributed by atoms with Crippen molar-refractivity contribution in [3.8, 4) is 17.2 Å². The molecule has 146 valence electrons. The van der Waals surface area contributed by atoms with Crippen molar-refractivity contribution < 1.29 is 14.2 Å². The van der Waals surface area contributed by atoms with Gasteiger partial charge in [0.15, 0.2) is 11.5 Å². The Labute approximate surface area is 158 Å². The molecule has 0 aromatic heterocycles. The zero-order valence-electron chi connectivity index (χ0n) is 16.8. The minimum atomic E-state index is 0.712. The van der Waals surface area contributed by atoms with Crippen LogP contribution in [-0.2, 0) is 6.54 Å². The summed E-state index contributed by atoms with van der Waals surface area (Å²) in [6.45, 7) is 7.87. The van der Waals surface area contributed by atoms with E-state index >= 15 is 0 Å². The topological polar surface area (TPSA) is 34.2 Å². The molecule has 2 atom stereocenters. The zero-order valence-corrected chi connectivity index (χ0v) is 16.8. The molecule has 0 spiro atoms. The highest BCUT2D eigenvalue weighted by molar-refractivity contribution is 5.50. The van der Waals surface area contributed by atoms with E-state index in [1.807, 2.05) is 12.1 Å². The molecule has 1 saturated heterocycles. The second kappa shape index (κ2) is 8.96. The summed E-state index contributed by atoms with van der Waals surface area (Å²) in [5, 5.41) is 0. The van der Waals surface area contributed by atoms with Gasteiger partial charge in [-0.05, 0) is 24.8 Å². The first-order valence-corrected chi connectivity index (χ1v) is 9.90. The summed E-state index contributed by atoms with van der Waals surface area (Å²) in [4.78, 5) is 5.24. The van der Waals surface area contributed by atoms with Crippen LogP contribution in [0.4, 0.5) is 0 Å². The van der Waals surface area contributed by atoms with Gasteiger partial charge >= 0.3 is 0 Å². The van der Waals surface area contributed by atoms with E-state index in [-0.39, 0.29) is 0 Å². The summed E-state index contributed by atoms with van der Waals surface area (Å²) in [5.74, 6) is 3.23. The summed E-state index contributed by atoms with van der Waals surface area (Å²) in [5.41, 5.74) is 1.16. The van der Waals surface area contributed by atoms with E-state index in [0.29, 0.717) is 5.75 Å². The van der Waals surface area contributed by atoms with E-state index in [0.717, 1.165) is 48.7 Å². The van der Waals surface area contributed by atoms with E-state index in [1.54, 1.807) is 21.3 Å². The molecule has 26 heavy (non-hydrogen) atoms. The Bertz CT molecular complexity index is 585. The molecule has 1 aromatic rings. The van der Waals surface area contributed by atoms with Crippen LogP contribution in [-0.4, -0.2) is 63.4 Å². The molecule has 1 aliphatic carbocycles. The Balaban J connectivity index is 1.60. The van der Waals surface area contributed by atoms with Gasteiger partial charge in [0.2, 0.25) is 0 Å². The molecule has 2 aliphatic rings. The molecular formula is C21H34N2O3. The van der Waals surface area contributed by atoms with E-state index < -0.39 is 0 Å². The van der Waals surface area contributed by atoms with Crippen molar-refractivity contribution in [2.45, 2.75) is 45.2 Å². The summed E-state index contributed by atoms with van der Waals surface area (Å²) in [6, 6.07) is 4.78. The van der Waals surface area contributed by atoms with Crippen LogP contribution in [0.1, 0.15) is 38.2 Å². The maximum Gasteiger partial charge on any atom is 0.164 e. The van der Waals surface area contributed by atoms with E-state index in [2.05, 4.69) is 16.7 Å². The molecule has 1 heterocycles. The van der Waals surface area contributed by atoms with Crippen LogP contribution in [0.5, 0.6) is 17.2 Å². The average Bonchev–Trinajstić information content (AvgIpc) is 2.68. The monoisotopic (exact) mass is 362 g/mol. The third kappa shape index (κ3) is 4.44. The number of ether oxygens (including phenoxy) is 3. The predicted octanol–water partition coefficient (Wildman–Crippen LogP) is 3.41. The lowest BCUT2D eigenvalue weighted by Crippen LogP contribution is -2.50. The molecule has 5 heteroatoms. The Hall–Kier alpha value is -1.46. The highest BCUT2D eigenvalue weighted by Crippen LogP contribution is 2.35. The Kier molecular flexibility index (Phi) is 6.65. The van der Waals surface area contributed by atoms with Gasteiger partial charge in [0.05, 0.1) is 21.3 Å². The van der Waals surface area contributed by atoms with Crippen molar-refractivity contribution in [1.82, 2.24) is 9.80 Å². The van der Waals surface area contributed by atoms with Crippen molar-refractivity contribution >= 4 is 0 Å². The number of nitrogens with zero attached hydrogens (tertiary/aromatic N) is 2. The second-order valence-corrected chi connectivity index (χ2v) is 7.76. The third-order valence-electron chi connectivity index (χ3n) is 6.01. The van der Waals surface area contributed by atoms with Crippen LogP contribution < -0.4 is 14.2 Å². The van der Waals surface area contributed by atoms with E-state index in [4.69, 9.17) is 14.2 Å². The van der Waals surface area contributed by atoms with Gasteiger partial charge in [0.1, 0.15) is 5.75 Å². The van der Waals surface area contributed by atoms with Crippen LogP contribution in [0, 0.1) is 5.92 Å². The number of benzene rings is 1. The minimum Gasteiger partial charge on any atom is -0.496 e. The quantitative estimate of drug-likeness (QED) is 0.775. The number of methoxy groups -OCH3 is 3. The molecule has 1 aliphatic heterocycles. The average molecular weight is 363 g/mol. The summed E-state index contributed by atoms with van der Waals surface area (Å²) in [7, 11) is 5.05. The van der Waals surface area contributed by atoms with Gasteiger partial charge in [-0.25, -0.2) is 0 Å². The first kappa shape index (κ1) is 19.3. The van der Waals surface area contributed by atoms with Gasteiger partial charge in [-0.2, -0.15) is 0 Å². The first-order chi connectivity index (χ1) is 12.6. The lowest BCUT2D eigenvalue weighted by molar-refractivity contribution is 0.0655. The Morgan fingerprint density at radius 3 is 2.15 bits per heavy atom. The SMILES string of the molecule is COc1cc(OC)c(OC)cc1CN1CCN(C2CCCC(C)C2)CC1. The number of rotatable bonds is 6. The van der Waals surface area contributed by atoms with Gasteiger partial charge in [0, 0.05) is 50.4 Å². The Morgan fingerprint density at radius 2 is 1.54 bits per heavy atom. The highest BCUT2D eigenvalue weighted by Gasteiger charge is 2.28. The largest absolute Gasteiger partial charge is 0.496 e. The molecule has 0 N–H and O–H groups in total. The van der Waals surface area contributed by atoms with Gasteiger partial charge in [-0.15, -0.1) is 0 Å². The predicted molar refractivity (Wildman–Crippen MR) is 104 cm³/mol. The van der Waals surface area contributed by atoms with Crippen LogP contribution in [0.15, 0.2) is 12.1 Å². The first-order valence-electron chi connectivity index (χ1n) is 9.90. The fraction of sp³-hybridized carbons (Fsp3) is 0.714. The molecule has 0 bridgehead atoms. The number of hydrogen-bond donors (Lipinski definition) is 0. The van der Waals surface area contributed by atoms with Crippen molar-refractivity contribution in [3.05, 3.63) is 17.7 Å².